The number of amides is 2. The largest absolute Gasteiger partial charge is 0.497 e. The average Bonchev–Trinajstić information content (AvgIpc) is 2.97. The zero-order valence-electron chi connectivity index (χ0n) is 12.2. The Morgan fingerprint density at radius 2 is 2.14 bits per heavy atom. The van der Waals surface area contributed by atoms with Crippen molar-refractivity contribution in [2.75, 3.05) is 17.7 Å². The van der Waals surface area contributed by atoms with Crippen LogP contribution in [-0.2, 0) is 9.59 Å². The van der Waals surface area contributed by atoms with Crippen LogP contribution >= 0.6 is 0 Å². The van der Waals surface area contributed by atoms with E-state index in [1.807, 2.05) is 0 Å². The lowest BCUT2D eigenvalue weighted by Gasteiger charge is -2.10. The number of hydrogen-bond donors (Lipinski definition) is 2. The van der Waals surface area contributed by atoms with Crippen molar-refractivity contribution in [3.63, 3.8) is 0 Å². The fourth-order valence-corrected chi connectivity index (χ4v) is 2.28. The molecule has 0 unspecified atom stereocenters. The molecule has 22 heavy (non-hydrogen) atoms. The molecule has 2 amide bonds. The Morgan fingerprint density at radius 1 is 1.41 bits per heavy atom. The van der Waals surface area contributed by atoms with Crippen LogP contribution in [0.2, 0.25) is 0 Å². The lowest BCUT2D eigenvalue weighted by atomic mass is 10.2. The highest BCUT2D eigenvalue weighted by molar-refractivity contribution is 6.00. The Kier molecular flexibility index (Phi) is 3.50. The summed E-state index contributed by atoms with van der Waals surface area (Å²) >= 11 is 0. The summed E-state index contributed by atoms with van der Waals surface area (Å²) in [7, 11) is 1.57. The molecule has 0 radical (unpaired) electrons. The number of aromatic nitrogens is 3. The van der Waals surface area contributed by atoms with Crippen molar-refractivity contribution >= 4 is 23.5 Å². The Morgan fingerprint density at radius 3 is 2.82 bits per heavy atom. The quantitative estimate of drug-likeness (QED) is 0.881. The monoisotopic (exact) mass is 301 g/mol. The first kappa shape index (κ1) is 14.1. The van der Waals surface area contributed by atoms with Crippen molar-refractivity contribution in [3.05, 3.63) is 30.1 Å². The normalized spacial score (nSPS) is 16.1. The molecule has 0 saturated heterocycles. The molecule has 0 fully saturated rings. The summed E-state index contributed by atoms with van der Waals surface area (Å²) in [6.07, 6.45) is -0.00629. The number of hydrogen-bond acceptors (Lipinski definition) is 5. The molecule has 0 spiro atoms. The van der Waals surface area contributed by atoms with E-state index < -0.39 is 6.04 Å². The predicted octanol–water partition coefficient (Wildman–Crippen LogP) is 1.12. The Bertz CT molecular complexity index is 723. The molecular formula is C14H15N5O3. The van der Waals surface area contributed by atoms with Crippen LogP contribution in [0.15, 0.2) is 24.3 Å². The van der Waals surface area contributed by atoms with Crippen molar-refractivity contribution in [1.82, 2.24) is 14.8 Å². The van der Waals surface area contributed by atoms with Gasteiger partial charge in [-0.05, 0) is 31.2 Å². The minimum absolute atomic E-state index is 0.00629. The highest BCUT2D eigenvalue weighted by Crippen LogP contribution is 2.25. The third-order valence-corrected chi connectivity index (χ3v) is 3.32. The fourth-order valence-electron chi connectivity index (χ4n) is 2.28. The van der Waals surface area contributed by atoms with E-state index in [1.165, 1.54) is 4.68 Å². The van der Waals surface area contributed by atoms with Gasteiger partial charge < -0.3 is 10.1 Å². The van der Waals surface area contributed by atoms with Gasteiger partial charge in [0.05, 0.1) is 13.5 Å². The fraction of sp³-hybridized carbons (Fsp3) is 0.286. The first-order chi connectivity index (χ1) is 10.6. The summed E-state index contributed by atoms with van der Waals surface area (Å²) in [5.74, 6) is 1.09. The first-order valence-electron chi connectivity index (χ1n) is 6.75. The Hall–Kier alpha value is -2.90. The standard InChI is InChI=1S/C14H15N5O3/c1-8-15-14-17-13(21)11(19(14)18-8)7-12(20)16-9-3-5-10(22-2)6-4-9/h3-6,11H,7H2,1-2H3,(H,16,20)(H,15,17,18,21)/t11-/m0/s1. The van der Waals surface area contributed by atoms with Crippen LogP contribution in [0.5, 0.6) is 5.75 Å². The van der Waals surface area contributed by atoms with Gasteiger partial charge in [0, 0.05) is 5.69 Å². The molecule has 1 aliphatic rings. The summed E-state index contributed by atoms with van der Waals surface area (Å²) in [5.41, 5.74) is 0.638. The van der Waals surface area contributed by atoms with Gasteiger partial charge in [-0.1, -0.05) is 0 Å². The van der Waals surface area contributed by atoms with Crippen molar-refractivity contribution in [2.45, 2.75) is 19.4 Å². The minimum atomic E-state index is -0.672. The van der Waals surface area contributed by atoms with E-state index in [0.717, 1.165) is 0 Å². The molecule has 1 aliphatic heterocycles. The van der Waals surface area contributed by atoms with Crippen LogP contribution in [0.25, 0.3) is 0 Å². The van der Waals surface area contributed by atoms with Gasteiger partial charge in [-0.3, -0.25) is 14.9 Å². The van der Waals surface area contributed by atoms with Gasteiger partial charge in [-0.2, -0.15) is 10.1 Å². The van der Waals surface area contributed by atoms with E-state index in [4.69, 9.17) is 4.74 Å². The maximum atomic E-state index is 12.1. The van der Waals surface area contributed by atoms with Crippen molar-refractivity contribution < 1.29 is 14.3 Å². The van der Waals surface area contributed by atoms with Gasteiger partial charge >= 0.3 is 0 Å². The molecule has 2 aromatic rings. The molecule has 0 bridgehead atoms. The van der Waals surface area contributed by atoms with Crippen LogP contribution in [0.3, 0.4) is 0 Å². The average molecular weight is 301 g/mol. The third kappa shape index (κ3) is 2.62. The number of aryl methyl sites for hydroxylation is 1. The van der Waals surface area contributed by atoms with Gasteiger partial charge in [-0.25, -0.2) is 4.68 Å². The predicted molar refractivity (Wildman–Crippen MR) is 78.7 cm³/mol. The van der Waals surface area contributed by atoms with Gasteiger partial charge in [0.2, 0.25) is 11.9 Å². The van der Waals surface area contributed by atoms with Gasteiger partial charge in [0.15, 0.2) is 0 Å². The van der Waals surface area contributed by atoms with Gasteiger partial charge in [0.25, 0.3) is 5.91 Å². The summed E-state index contributed by atoms with van der Waals surface area (Å²) in [6.45, 7) is 1.73. The van der Waals surface area contributed by atoms with Crippen molar-refractivity contribution in [2.24, 2.45) is 0 Å². The smallest absolute Gasteiger partial charge is 0.252 e. The Labute approximate surface area is 126 Å². The molecule has 8 heteroatoms. The molecule has 2 heterocycles. The zero-order chi connectivity index (χ0) is 15.7. The van der Waals surface area contributed by atoms with E-state index in [0.29, 0.717) is 23.2 Å². The number of benzene rings is 1. The van der Waals surface area contributed by atoms with Gasteiger partial charge in [-0.15, -0.1) is 0 Å². The van der Waals surface area contributed by atoms with Crippen LogP contribution in [0, 0.1) is 6.92 Å². The number of ether oxygens (including phenoxy) is 1. The van der Waals surface area contributed by atoms with Crippen molar-refractivity contribution in [3.8, 4) is 5.75 Å². The number of carbonyl (C=O) groups is 2. The van der Waals surface area contributed by atoms with E-state index in [2.05, 4.69) is 20.7 Å². The molecule has 3 rings (SSSR count). The van der Waals surface area contributed by atoms with E-state index in [-0.39, 0.29) is 18.2 Å². The summed E-state index contributed by atoms with van der Waals surface area (Å²) in [4.78, 5) is 28.0. The second-order valence-corrected chi connectivity index (χ2v) is 4.91. The lowest BCUT2D eigenvalue weighted by molar-refractivity contribution is -0.123. The van der Waals surface area contributed by atoms with E-state index in [1.54, 1.807) is 38.3 Å². The Balaban J connectivity index is 1.67. The van der Waals surface area contributed by atoms with Crippen LogP contribution in [-0.4, -0.2) is 33.7 Å². The first-order valence-corrected chi connectivity index (χ1v) is 6.75. The van der Waals surface area contributed by atoms with E-state index >= 15 is 0 Å². The maximum Gasteiger partial charge on any atom is 0.252 e. The molecule has 1 atom stereocenters. The number of fused-ring (bicyclic) bond motifs is 1. The van der Waals surface area contributed by atoms with Crippen LogP contribution in [0.1, 0.15) is 18.3 Å². The number of nitrogens with one attached hydrogen (secondary N) is 2. The molecule has 8 nitrogen and oxygen atoms in total. The second-order valence-electron chi connectivity index (χ2n) is 4.91. The minimum Gasteiger partial charge on any atom is -0.497 e. The topological polar surface area (TPSA) is 98.1 Å². The maximum absolute atomic E-state index is 12.1. The SMILES string of the molecule is COc1ccc(NC(=O)C[C@H]2C(=O)Nc3nc(C)nn32)cc1. The van der Waals surface area contributed by atoms with Crippen LogP contribution in [0.4, 0.5) is 11.6 Å². The van der Waals surface area contributed by atoms with Crippen molar-refractivity contribution in [1.29, 1.82) is 0 Å². The molecular weight excluding hydrogens is 286 g/mol. The number of anilines is 2. The third-order valence-electron chi connectivity index (χ3n) is 3.32. The summed E-state index contributed by atoms with van der Waals surface area (Å²) < 4.78 is 6.50. The molecule has 1 aromatic carbocycles. The number of rotatable bonds is 4. The summed E-state index contributed by atoms with van der Waals surface area (Å²) in [5, 5.41) is 9.48. The highest BCUT2D eigenvalue weighted by atomic mass is 16.5. The number of nitrogens with zero attached hydrogens (tertiary/aromatic N) is 3. The second kappa shape index (κ2) is 5.47. The molecule has 114 valence electrons. The summed E-state index contributed by atoms with van der Waals surface area (Å²) in [6, 6.07) is 6.29. The number of methoxy groups -OCH3 is 1. The van der Waals surface area contributed by atoms with Gasteiger partial charge in [0.1, 0.15) is 17.6 Å². The zero-order valence-corrected chi connectivity index (χ0v) is 12.2. The molecule has 2 N–H and O–H groups in total. The molecule has 1 aromatic heterocycles. The lowest BCUT2D eigenvalue weighted by Crippen LogP contribution is -2.23. The highest BCUT2D eigenvalue weighted by Gasteiger charge is 2.34. The van der Waals surface area contributed by atoms with Crippen LogP contribution < -0.4 is 15.4 Å². The number of carbonyl (C=O) groups excluding carboxylic acids is 2. The van der Waals surface area contributed by atoms with E-state index in [9.17, 15) is 9.59 Å². The molecule has 0 saturated carbocycles. The molecule has 0 aliphatic carbocycles.